The van der Waals surface area contributed by atoms with Gasteiger partial charge in [0.15, 0.2) is 0 Å². The summed E-state index contributed by atoms with van der Waals surface area (Å²) in [5.74, 6) is 2.20. The number of rotatable bonds is 12. The molecule has 1 aliphatic rings. The average molecular weight is 348 g/mol. The lowest BCUT2D eigenvalue weighted by Gasteiger charge is -2.25. The summed E-state index contributed by atoms with van der Waals surface area (Å²) in [6, 6.07) is 0. The van der Waals surface area contributed by atoms with Crippen LogP contribution in [-0.4, -0.2) is 25.5 Å². The molecule has 0 heterocycles. The Hall–Kier alpha value is -0.560. The highest BCUT2D eigenvalue weighted by molar-refractivity contribution is 5.50. The molecule has 0 spiro atoms. The summed E-state index contributed by atoms with van der Waals surface area (Å²) >= 11 is 0. The van der Waals surface area contributed by atoms with Gasteiger partial charge < -0.3 is 4.90 Å². The first-order valence-electron chi connectivity index (χ1n) is 11.0. The molecule has 25 heavy (non-hydrogen) atoms. The molecule has 0 N–H and O–H groups in total. The molecule has 146 valence electrons. The van der Waals surface area contributed by atoms with E-state index in [0.29, 0.717) is 0 Å². The van der Waals surface area contributed by atoms with Crippen molar-refractivity contribution < 1.29 is 0 Å². The van der Waals surface area contributed by atoms with Gasteiger partial charge in [-0.25, -0.2) is 0 Å². The zero-order chi connectivity index (χ0) is 19.0. The van der Waals surface area contributed by atoms with Gasteiger partial charge in [0.05, 0.1) is 0 Å². The summed E-state index contributed by atoms with van der Waals surface area (Å²) in [5.41, 5.74) is 7.14. The van der Waals surface area contributed by atoms with Gasteiger partial charge in [-0.3, -0.25) is 0 Å². The molecule has 0 amide bonds. The zero-order valence-electron chi connectivity index (χ0n) is 18.5. The molecule has 0 aliphatic heterocycles. The van der Waals surface area contributed by atoms with Crippen LogP contribution in [0.4, 0.5) is 0 Å². The Morgan fingerprint density at radius 3 is 1.72 bits per heavy atom. The summed E-state index contributed by atoms with van der Waals surface area (Å²) in [6.07, 6.45) is 10.4. The molecule has 3 atom stereocenters. The van der Waals surface area contributed by atoms with Crippen LogP contribution in [0.1, 0.15) is 92.9 Å². The maximum atomic E-state index is 2.49. The first kappa shape index (κ1) is 22.5. The molecule has 0 fully saturated rings. The predicted molar refractivity (Wildman–Crippen MR) is 114 cm³/mol. The van der Waals surface area contributed by atoms with Crippen molar-refractivity contribution in [2.45, 2.75) is 92.9 Å². The van der Waals surface area contributed by atoms with Crippen molar-refractivity contribution in [2.24, 2.45) is 17.8 Å². The van der Waals surface area contributed by atoms with Crippen molar-refractivity contribution in [3.8, 4) is 0 Å². The highest BCUT2D eigenvalue weighted by Crippen LogP contribution is 2.47. The summed E-state index contributed by atoms with van der Waals surface area (Å²) in [7, 11) is 4.42. The summed E-state index contributed by atoms with van der Waals surface area (Å²) in [6.45, 7) is 15.7. The van der Waals surface area contributed by atoms with Gasteiger partial charge in [-0.2, -0.15) is 0 Å². The lowest BCUT2D eigenvalue weighted by Crippen LogP contribution is -2.15. The number of nitrogens with zero attached hydrogens (tertiary/aromatic N) is 1. The van der Waals surface area contributed by atoms with Crippen LogP contribution in [0.5, 0.6) is 0 Å². The average Bonchev–Trinajstić information content (AvgIpc) is 2.93. The van der Waals surface area contributed by atoms with E-state index < -0.39 is 0 Å². The maximum absolute atomic E-state index is 2.49. The van der Waals surface area contributed by atoms with E-state index in [1.165, 1.54) is 57.9 Å². The van der Waals surface area contributed by atoms with E-state index in [2.05, 4.69) is 60.5 Å². The second-order valence-corrected chi connectivity index (χ2v) is 8.76. The molecular weight excluding hydrogens is 302 g/mol. The summed E-state index contributed by atoms with van der Waals surface area (Å²) in [5, 5.41) is 0. The molecule has 1 aliphatic carbocycles. The van der Waals surface area contributed by atoms with Crippen LogP contribution in [-0.2, 0) is 0 Å². The second-order valence-electron chi connectivity index (χ2n) is 8.76. The van der Waals surface area contributed by atoms with Crippen LogP contribution >= 0.6 is 0 Å². The van der Waals surface area contributed by atoms with Gasteiger partial charge in [0.1, 0.15) is 0 Å². The lowest BCUT2D eigenvalue weighted by atomic mass is 9.80. The molecule has 0 radical (unpaired) electrons. The first-order valence-corrected chi connectivity index (χ1v) is 11.0. The monoisotopic (exact) mass is 347 g/mol. The maximum Gasteiger partial charge on any atom is 0.00128 e. The van der Waals surface area contributed by atoms with E-state index in [1.54, 1.807) is 22.3 Å². The SMILES string of the molecule is CCCC(C)C1=C(C(C)CCC)C(C(C)CCC)=C(CCN(C)C)C1. The lowest BCUT2D eigenvalue weighted by molar-refractivity contribution is 0.410. The minimum absolute atomic E-state index is 0.725. The fourth-order valence-electron chi connectivity index (χ4n) is 4.76. The van der Waals surface area contributed by atoms with Crippen molar-refractivity contribution in [1.82, 2.24) is 4.90 Å². The number of hydrogen-bond donors (Lipinski definition) is 0. The van der Waals surface area contributed by atoms with E-state index in [9.17, 15) is 0 Å². The van der Waals surface area contributed by atoms with Crippen molar-refractivity contribution in [3.05, 3.63) is 22.3 Å². The van der Waals surface area contributed by atoms with Gasteiger partial charge in [-0.05, 0) is 75.1 Å². The summed E-state index contributed by atoms with van der Waals surface area (Å²) in [4.78, 5) is 2.34. The van der Waals surface area contributed by atoms with E-state index in [1.807, 2.05) is 0 Å². The fraction of sp³-hybridized carbons (Fsp3) is 0.833. The smallest absolute Gasteiger partial charge is 0.00128 e. The highest BCUT2D eigenvalue weighted by Gasteiger charge is 2.31. The minimum atomic E-state index is 0.725. The third-order valence-electron chi connectivity index (χ3n) is 6.03. The molecule has 0 aromatic heterocycles. The summed E-state index contributed by atoms with van der Waals surface area (Å²) < 4.78 is 0. The van der Waals surface area contributed by atoms with Crippen LogP contribution in [0, 0.1) is 17.8 Å². The third kappa shape index (κ3) is 6.27. The Balaban J connectivity index is 3.28. The zero-order valence-corrected chi connectivity index (χ0v) is 18.5. The molecule has 0 aromatic carbocycles. The quantitative estimate of drug-likeness (QED) is 0.359. The predicted octanol–water partition coefficient (Wildman–Crippen LogP) is 7.24. The molecule has 1 rings (SSSR count). The molecule has 1 heteroatoms. The van der Waals surface area contributed by atoms with Gasteiger partial charge in [0.2, 0.25) is 0 Å². The van der Waals surface area contributed by atoms with Gasteiger partial charge in [-0.1, -0.05) is 72.0 Å². The number of allylic oxidation sites excluding steroid dienone is 3. The fourth-order valence-corrected chi connectivity index (χ4v) is 4.76. The topological polar surface area (TPSA) is 3.24 Å². The van der Waals surface area contributed by atoms with Crippen molar-refractivity contribution in [3.63, 3.8) is 0 Å². The Kier molecular flexibility index (Phi) is 10.1. The minimum Gasteiger partial charge on any atom is -0.309 e. The normalized spacial score (nSPS) is 19.1. The first-order chi connectivity index (χ1) is 11.9. The van der Waals surface area contributed by atoms with Gasteiger partial charge >= 0.3 is 0 Å². The molecular formula is C24H45N. The van der Waals surface area contributed by atoms with Crippen LogP contribution in [0.3, 0.4) is 0 Å². The third-order valence-corrected chi connectivity index (χ3v) is 6.03. The molecule has 1 nitrogen and oxygen atoms in total. The van der Waals surface area contributed by atoms with Crippen molar-refractivity contribution in [2.75, 3.05) is 20.6 Å². The molecule has 0 saturated carbocycles. The van der Waals surface area contributed by atoms with E-state index in [-0.39, 0.29) is 0 Å². The van der Waals surface area contributed by atoms with Gasteiger partial charge in [-0.15, -0.1) is 0 Å². The Bertz CT molecular complexity index is 455. The number of hydrogen-bond acceptors (Lipinski definition) is 1. The van der Waals surface area contributed by atoms with Gasteiger partial charge in [0.25, 0.3) is 0 Å². The standard InChI is InChI=1S/C24H45N/c1-9-12-18(4)22-17-21(15-16-25(7)8)23(19(5)13-10-2)24(22)20(6)14-11-3/h18-20H,9-17H2,1-8H3. The molecule has 0 aromatic rings. The Morgan fingerprint density at radius 2 is 1.24 bits per heavy atom. The van der Waals surface area contributed by atoms with E-state index in [4.69, 9.17) is 0 Å². The molecule has 3 unspecified atom stereocenters. The van der Waals surface area contributed by atoms with Gasteiger partial charge in [0, 0.05) is 6.54 Å². The van der Waals surface area contributed by atoms with Crippen LogP contribution in [0.15, 0.2) is 22.3 Å². The van der Waals surface area contributed by atoms with E-state index in [0.717, 1.165) is 17.8 Å². The van der Waals surface area contributed by atoms with Crippen molar-refractivity contribution >= 4 is 0 Å². The largest absolute Gasteiger partial charge is 0.309 e. The van der Waals surface area contributed by atoms with Crippen molar-refractivity contribution in [1.29, 1.82) is 0 Å². The Morgan fingerprint density at radius 1 is 0.760 bits per heavy atom. The molecule has 0 bridgehead atoms. The van der Waals surface area contributed by atoms with E-state index >= 15 is 0 Å². The second kappa shape index (κ2) is 11.2. The van der Waals surface area contributed by atoms with Crippen LogP contribution in [0.25, 0.3) is 0 Å². The molecule has 0 saturated heterocycles. The Labute approximate surface area is 159 Å². The van der Waals surface area contributed by atoms with Crippen LogP contribution < -0.4 is 0 Å². The highest BCUT2D eigenvalue weighted by atomic mass is 15.0. The van der Waals surface area contributed by atoms with Crippen LogP contribution in [0.2, 0.25) is 0 Å².